The lowest BCUT2D eigenvalue weighted by Crippen LogP contribution is -2.25. The molecule has 0 bridgehead atoms. The molecule has 1 saturated heterocycles. The zero-order valence-electron chi connectivity index (χ0n) is 10.6. The van der Waals surface area contributed by atoms with Crippen molar-refractivity contribution in [2.75, 3.05) is 31.7 Å². The highest BCUT2D eigenvalue weighted by atomic mass is 19.1. The van der Waals surface area contributed by atoms with Gasteiger partial charge in [-0.25, -0.2) is 4.39 Å². The maximum Gasteiger partial charge on any atom is 0.295 e. The average Bonchev–Trinajstić information content (AvgIpc) is 2.84. The monoisotopic (exact) mass is 266 g/mol. The van der Waals surface area contributed by atoms with E-state index in [1.165, 1.54) is 12.1 Å². The molecular formula is C13H15FN2O3. The highest BCUT2D eigenvalue weighted by molar-refractivity contribution is 5.64. The summed E-state index contributed by atoms with van der Waals surface area (Å²) in [6.45, 7) is 2.35. The quantitative estimate of drug-likeness (QED) is 0.618. The van der Waals surface area contributed by atoms with Crippen molar-refractivity contribution in [1.82, 2.24) is 0 Å². The lowest BCUT2D eigenvalue weighted by molar-refractivity contribution is -0.384. The van der Waals surface area contributed by atoms with Crippen LogP contribution in [0.25, 0.3) is 0 Å². The van der Waals surface area contributed by atoms with E-state index >= 15 is 0 Å². The number of piperidine rings is 1. The summed E-state index contributed by atoms with van der Waals surface area (Å²) in [5.74, 6) is 1.13. The van der Waals surface area contributed by atoms with Crippen molar-refractivity contribution in [3.05, 3.63) is 34.1 Å². The minimum absolute atomic E-state index is 0.149. The van der Waals surface area contributed by atoms with Crippen molar-refractivity contribution >= 4 is 11.4 Å². The summed E-state index contributed by atoms with van der Waals surface area (Å²) in [5.41, 5.74) is 0.374. The van der Waals surface area contributed by atoms with Crippen LogP contribution < -0.4 is 4.90 Å². The van der Waals surface area contributed by atoms with Crippen LogP contribution in [0.4, 0.5) is 15.8 Å². The maximum atomic E-state index is 13.1. The third-order valence-corrected chi connectivity index (χ3v) is 4.21. The first-order valence-electron chi connectivity index (χ1n) is 6.29. The smallest absolute Gasteiger partial charge is 0.295 e. The van der Waals surface area contributed by atoms with E-state index in [4.69, 9.17) is 4.74 Å². The topological polar surface area (TPSA) is 55.6 Å². The molecule has 2 fully saturated rings. The normalized spacial score (nSPS) is 28.3. The average molecular weight is 266 g/mol. The molecule has 5 nitrogen and oxygen atoms in total. The molecule has 1 aliphatic carbocycles. The minimum atomic E-state index is -0.572. The molecule has 0 amide bonds. The molecule has 6 heteroatoms. The fourth-order valence-corrected chi connectivity index (χ4v) is 3.20. The van der Waals surface area contributed by atoms with Crippen molar-refractivity contribution in [1.29, 1.82) is 0 Å². The zero-order chi connectivity index (χ0) is 13.6. The van der Waals surface area contributed by atoms with Crippen LogP contribution in [0.5, 0.6) is 0 Å². The van der Waals surface area contributed by atoms with Gasteiger partial charge < -0.3 is 9.64 Å². The van der Waals surface area contributed by atoms with Gasteiger partial charge in [0.05, 0.1) is 11.0 Å². The highest BCUT2D eigenvalue weighted by Gasteiger charge is 2.55. The second-order valence-electron chi connectivity index (χ2n) is 5.24. The van der Waals surface area contributed by atoms with E-state index in [-0.39, 0.29) is 5.69 Å². The Labute approximate surface area is 110 Å². The zero-order valence-corrected chi connectivity index (χ0v) is 10.6. The number of methoxy groups -OCH3 is 1. The van der Waals surface area contributed by atoms with E-state index in [2.05, 4.69) is 0 Å². The van der Waals surface area contributed by atoms with Crippen LogP contribution in [-0.4, -0.2) is 31.7 Å². The second kappa shape index (κ2) is 4.45. The predicted octanol–water partition coefficient (Wildman–Crippen LogP) is 2.06. The molecule has 3 rings (SSSR count). The molecule has 19 heavy (non-hydrogen) atoms. The van der Waals surface area contributed by atoms with Crippen LogP contribution in [-0.2, 0) is 4.74 Å². The van der Waals surface area contributed by atoms with Gasteiger partial charge in [0.25, 0.3) is 5.69 Å². The molecule has 1 saturated carbocycles. The molecule has 1 heterocycles. The Morgan fingerprint density at radius 2 is 2.16 bits per heavy atom. The van der Waals surface area contributed by atoms with Crippen LogP contribution >= 0.6 is 0 Å². The summed E-state index contributed by atoms with van der Waals surface area (Å²) >= 11 is 0. The summed E-state index contributed by atoms with van der Waals surface area (Å²) in [6.07, 6.45) is 0. The van der Waals surface area contributed by atoms with Gasteiger partial charge in [-0.2, -0.15) is 0 Å². The number of rotatable bonds is 4. The Morgan fingerprint density at radius 1 is 1.47 bits per heavy atom. The number of nitro groups is 1. The number of halogens is 1. The van der Waals surface area contributed by atoms with Crippen LogP contribution in [0.3, 0.4) is 0 Å². The van der Waals surface area contributed by atoms with E-state index in [1.807, 2.05) is 4.90 Å². The first-order chi connectivity index (χ1) is 9.11. The van der Waals surface area contributed by atoms with E-state index in [1.54, 1.807) is 7.11 Å². The Morgan fingerprint density at radius 3 is 2.74 bits per heavy atom. The Bertz CT molecular complexity index is 511. The summed E-state index contributed by atoms with van der Waals surface area (Å²) in [4.78, 5) is 12.4. The van der Waals surface area contributed by atoms with Gasteiger partial charge in [-0.3, -0.25) is 10.1 Å². The first kappa shape index (κ1) is 12.3. The summed E-state index contributed by atoms with van der Waals surface area (Å²) in [5, 5.41) is 11.0. The molecule has 0 spiro atoms. The molecule has 3 atom stereocenters. The third-order valence-electron chi connectivity index (χ3n) is 4.21. The van der Waals surface area contributed by atoms with E-state index < -0.39 is 10.7 Å². The van der Waals surface area contributed by atoms with Crippen molar-refractivity contribution in [2.24, 2.45) is 17.8 Å². The van der Waals surface area contributed by atoms with Crippen LogP contribution in [0, 0.1) is 33.7 Å². The van der Waals surface area contributed by atoms with Gasteiger partial charge in [0.2, 0.25) is 0 Å². The van der Waals surface area contributed by atoms with Crippen molar-refractivity contribution in [3.8, 4) is 0 Å². The standard InChI is InChI=1S/C13H15FN2O3/c1-19-7-11-9-5-15(6-10(9)11)12-3-2-8(14)4-13(12)16(17)18/h2-4,9-11H,5-7H2,1H3/t9-,10?,11?/m1/s1. The minimum Gasteiger partial charge on any atom is -0.384 e. The SMILES string of the molecule is COCC1C2CN(c3ccc(F)cc3[N+](=O)[O-])C[C@@H]12. The Hall–Kier alpha value is -1.69. The van der Waals surface area contributed by atoms with Crippen LogP contribution in [0.2, 0.25) is 0 Å². The van der Waals surface area contributed by atoms with Gasteiger partial charge in [-0.05, 0) is 29.9 Å². The number of nitro benzene ring substituents is 1. The number of nitrogens with zero attached hydrogens (tertiary/aromatic N) is 2. The van der Waals surface area contributed by atoms with E-state index in [0.717, 1.165) is 25.8 Å². The van der Waals surface area contributed by atoms with E-state index in [9.17, 15) is 14.5 Å². The van der Waals surface area contributed by atoms with E-state index in [0.29, 0.717) is 23.4 Å². The van der Waals surface area contributed by atoms with Gasteiger partial charge >= 0.3 is 0 Å². The summed E-state index contributed by atoms with van der Waals surface area (Å²) in [7, 11) is 1.69. The number of fused-ring (bicyclic) bond motifs is 1. The van der Waals surface area contributed by atoms with Gasteiger partial charge in [0.1, 0.15) is 11.5 Å². The maximum absolute atomic E-state index is 13.1. The van der Waals surface area contributed by atoms with Gasteiger partial charge in [-0.15, -0.1) is 0 Å². The molecule has 102 valence electrons. The number of hydrogen-bond donors (Lipinski definition) is 0. The molecule has 1 aromatic carbocycles. The fraction of sp³-hybridized carbons (Fsp3) is 0.538. The van der Waals surface area contributed by atoms with Gasteiger partial charge in [0, 0.05) is 26.8 Å². The molecule has 0 radical (unpaired) electrons. The van der Waals surface area contributed by atoms with Crippen molar-refractivity contribution in [3.63, 3.8) is 0 Å². The van der Waals surface area contributed by atoms with Gasteiger partial charge in [-0.1, -0.05) is 0 Å². The molecular weight excluding hydrogens is 251 g/mol. The largest absolute Gasteiger partial charge is 0.384 e. The highest BCUT2D eigenvalue weighted by Crippen LogP contribution is 2.53. The number of anilines is 1. The summed E-state index contributed by atoms with van der Waals surface area (Å²) < 4.78 is 18.2. The number of hydrogen-bond acceptors (Lipinski definition) is 4. The molecule has 0 aromatic heterocycles. The van der Waals surface area contributed by atoms with Crippen molar-refractivity contribution < 1.29 is 14.1 Å². The lowest BCUT2D eigenvalue weighted by atomic mass is 10.2. The lowest BCUT2D eigenvalue weighted by Gasteiger charge is -2.21. The number of ether oxygens (including phenoxy) is 1. The Balaban J connectivity index is 1.77. The van der Waals surface area contributed by atoms with Crippen LogP contribution in [0.1, 0.15) is 0 Å². The third kappa shape index (κ3) is 2.06. The molecule has 1 aromatic rings. The first-order valence-corrected chi connectivity index (χ1v) is 6.29. The second-order valence-corrected chi connectivity index (χ2v) is 5.24. The molecule has 2 aliphatic rings. The van der Waals surface area contributed by atoms with Crippen LogP contribution in [0.15, 0.2) is 18.2 Å². The molecule has 0 N–H and O–H groups in total. The molecule has 1 aliphatic heterocycles. The Kier molecular flexibility index (Phi) is 2.89. The van der Waals surface area contributed by atoms with Gasteiger partial charge in [0.15, 0.2) is 0 Å². The molecule has 2 unspecified atom stereocenters. The van der Waals surface area contributed by atoms with Crippen molar-refractivity contribution in [2.45, 2.75) is 0 Å². The summed E-state index contributed by atoms with van der Waals surface area (Å²) in [6, 6.07) is 3.77. The fourth-order valence-electron chi connectivity index (χ4n) is 3.20. The number of benzene rings is 1. The predicted molar refractivity (Wildman–Crippen MR) is 67.6 cm³/mol.